The van der Waals surface area contributed by atoms with Gasteiger partial charge < -0.3 is 14.8 Å². The molecular weight excluding hydrogens is 371 g/mol. The second kappa shape index (κ2) is 7.62. The molecule has 1 aliphatic heterocycles. The molecule has 1 N–H and O–H groups in total. The number of fused-ring (bicyclic) bond motifs is 1. The molecule has 0 spiro atoms. The Balaban J connectivity index is 1.63. The molecule has 140 valence electrons. The summed E-state index contributed by atoms with van der Waals surface area (Å²) >= 11 is 5.87. The Morgan fingerprint density at radius 3 is 2.96 bits per heavy atom. The van der Waals surface area contributed by atoms with Crippen LogP contribution >= 0.6 is 11.6 Å². The SMILES string of the molecule is C[C@H](Oc1ncnc2ccc(O[C@H]3CCNC3)nc12)c1cccc(Cl)c1F. The van der Waals surface area contributed by atoms with Crippen molar-refractivity contribution in [2.75, 3.05) is 13.1 Å². The molecule has 2 atom stereocenters. The molecule has 1 saturated heterocycles. The lowest BCUT2D eigenvalue weighted by atomic mass is 10.1. The van der Waals surface area contributed by atoms with Gasteiger partial charge in [-0.3, -0.25) is 0 Å². The zero-order chi connectivity index (χ0) is 18.8. The minimum atomic E-state index is -0.604. The topological polar surface area (TPSA) is 69.2 Å². The van der Waals surface area contributed by atoms with Crippen molar-refractivity contribution >= 4 is 22.6 Å². The highest BCUT2D eigenvalue weighted by Gasteiger charge is 2.19. The maximum absolute atomic E-state index is 14.3. The third kappa shape index (κ3) is 3.79. The van der Waals surface area contributed by atoms with Gasteiger partial charge in [0, 0.05) is 18.2 Å². The first-order valence-electron chi connectivity index (χ1n) is 8.71. The van der Waals surface area contributed by atoms with Crippen LogP contribution in [-0.4, -0.2) is 34.1 Å². The van der Waals surface area contributed by atoms with Crippen molar-refractivity contribution < 1.29 is 13.9 Å². The van der Waals surface area contributed by atoms with Gasteiger partial charge in [-0.25, -0.2) is 14.4 Å². The van der Waals surface area contributed by atoms with E-state index in [2.05, 4.69) is 20.3 Å². The number of hydrogen-bond acceptors (Lipinski definition) is 6. The molecule has 3 heterocycles. The van der Waals surface area contributed by atoms with Gasteiger partial charge in [0.15, 0.2) is 5.52 Å². The highest BCUT2D eigenvalue weighted by atomic mass is 35.5. The number of ether oxygens (including phenoxy) is 2. The number of halogens is 2. The number of pyridine rings is 1. The van der Waals surface area contributed by atoms with E-state index in [4.69, 9.17) is 21.1 Å². The fourth-order valence-corrected chi connectivity index (χ4v) is 3.20. The van der Waals surface area contributed by atoms with Gasteiger partial charge >= 0.3 is 0 Å². The summed E-state index contributed by atoms with van der Waals surface area (Å²) in [6, 6.07) is 8.38. The first-order chi connectivity index (χ1) is 13.1. The molecule has 0 saturated carbocycles. The summed E-state index contributed by atoms with van der Waals surface area (Å²) in [4.78, 5) is 12.9. The van der Waals surface area contributed by atoms with Crippen LogP contribution in [0.25, 0.3) is 11.0 Å². The standard InChI is InChI=1S/C19H18ClFN4O2/c1-11(13-3-2-4-14(20)17(13)21)26-19-18-15(23-10-24-19)5-6-16(25-18)27-12-7-8-22-9-12/h2-6,10-12,22H,7-9H2,1H3/t11-,12-/m0/s1. The second-order valence-electron chi connectivity index (χ2n) is 6.33. The molecule has 1 aliphatic rings. The van der Waals surface area contributed by atoms with E-state index in [9.17, 15) is 4.39 Å². The zero-order valence-electron chi connectivity index (χ0n) is 14.7. The van der Waals surface area contributed by atoms with Gasteiger partial charge in [0.05, 0.1) is 10.5 Å². The van der Waals surface area contributed by atoms with Crippen molar-refractivity contribution in [1.29, 1.82) is 0 Å². The summed E-state index contributed by atoms with van der Waals surface area (Å²) in [5.74, 6) is 0.245. The molecule has 8 heteroatoms. The average Bonchev–Trinajstić information content (AvgIpc) is 3.17. The number of hydrogen-bond donors (Lipinski definition) is 1. The van der Waals surface area contributed by atoms with Crippen LogP contribution in [0, 0.1) is 5.82 Å². The van der Waals surface area contributed by atoms with E-state index in [1.165, 1.54) is 12.4 Å². The number of benzene rings is 1. The minimum absolute atomic E-state index is 0.0504. The zero-order valence-corrected chi connectivity index (χ0v) is 15.4. The highest BCUT2D eigenvalue weighted by Crippen LogP contribution is 2.30. The smallest absolute Gasteiger partial charge is 0.244 e. The van der Waals surface area contributed by atoms with E-state index < -0.39 is 11.9 Å². The Morgan fingerprint density at radius 1 is 1.26 bits per heavy atom. The Bertz CT molecular complexity index is 966. The van der Waals surface area contributed by atoms with Gasteiger partial charge in [-0.15, -0.1) is 0 Å². The molecule has 1 aromatic carbocycles. The summed E-state index contributed by atoms with van der Waals surface area (Å²) in [5.41, 5.74) is 1.43. The summed E-state index contributed by atoms with van der Waals surface area (Å²) in [7, 11) is 0. The summed E-state index contributed by atoms with van der Waals surface area (Å²) in [6.07, 6.45) is 1.80. The summed E-state index contributed by atoms with van der Waals surface area (Å²) in [6.45, 7) is 3.45. The third-order valence-corrected chi connectivity index (χ3v) is 4.73. The fraction of sp³-hybridized carbons (Fsp3) is 0.316. The van der Waals surface area contributed by atoms with E-state index in [-0.39, 0.29) is 17.0 Å². The van der Waals surface area contributed by atoms with Gasteiger partial charge in [0.1, 0.15) is 24.4 Å². The molecule has 27 heavy (non-hydrogen) atoms. The van der Waals surface area contributed by atoms with Crippen LogP contribution in [-0.2, 0) is 0 Å². The molecular formula is C19H18ClFN4O2. The molecule has 2 aromatic heterocycles. The van der Waals surface area contributed by atoms with Crippen LogP contribution in [0.2, 0.25) is 5.02 Å². The number of nitrogens with one attached hydrogen (secondary N) is 1. The normalized spacial score (nSPS) is 17.8. The lowest BCUT2D eigenvalue weighted by Crippen LogP contribution is -2.20. The molecule has 3 aromatic rings. The lowest BCUT2D eigenvalue weighted by molar-refractivity contribution is 0.209. The van der Waals surface area contributed by atoms with Crippen LogP contribution in [0.3, 0.4) is 0 Å². The first kappa shape index (κ1) is 17.9. The van der Waals surface area contributed by atoms with Crippen molar-refractivity contribution in [3.05, 3.63) is 53.1 Å². The van der Waals surface area contributed by atoms with E-state index in [1.54, 1.807) is 31.2 Å². The Labute approximate surface area is 160 Å². The van der Waals surface area contributed by atoms with Gasteiger partial charge in [0.25, 0.3) is 0 Å². The monoisotopic (exact) mass is 388 g/mol. The second-order valence-corrected chi connectivity index (χ2v) is 6.74. The predicted molar refractivity (Wildman–Crippen MR) is 99.7 cm³/mol. The van der Waals surface area contributed by atoms with E-state index in [1.807, 2.05) is 0 Å². The third-order valence-electron chi connectivity index (χ3n) is 4.43. The van der Waals surface area contributed by atoms with Gasteiger partial charge in [-0.05, 0) is 32.0 Å². The Hall–Kier alpha value is -2.51. The lowest BCUT2D eigenvalue weighted by Gasteiger charge is -2.17. The van der Waals surface area contributed by atoms with Crippen molar-refractivity contribution in [1.82, 2.24) is 20.3 Å². The van der Waals surface area contributed by atoms with Crippen molar-refractivity contribution in [3.8, 4) is 11.8 Å². The van der Waals surface area contributed by atoms with Gasteiger partial charge in [0.2, 0.25) is 11.8 Å². The van der Waals surface area contributed by atoms with Crippen LogP contribution in [0.4, 0.5) is 4.39 Å². The van der Waals surface area contributed by atoms with Crippen molar-refractivity contribution in [2.45, 2.75) is 25.6 Å². The highest BCUT2D eigenvalue weighted by molar-refractivity contribution is 6.30. The van der Waals surface area contributed by atoms with Crippen molar-refractivity contribution in [2.24, 2.45) is 0 Å². The summed E-state index contributed by atoms with van der Waals surface area (Å²) in [5, 5.41) is 3.30. The molecule has 0 radical (unpaired) electrons. The fourth-order valence-electron chi connectivity index (χ4n) is 3.02. The van der Waals surface area contributed by atoms with E-state index >= 15 is 0 Å². The van der Waals surface area contributed by atoms with E-state index in [0.29, 0.717) is 22.5 Å². The van der Waals surface area contributed by atoms with Gasteiger partial charge in [-0.1, -0.05) is 23.7 Å². The van der Waals surface area contributed by atoms with E-state index in [0.717, 1.165) is 19.5 Å². The predicted octanol–water partition coefficient (Wildman–Crippen LogP) is 3.70. The Morgan fingerprint density at radius 2 is 2.15 bits per heavy atom. The average molecular weight is 389 g/mol. The maximum atomic E-state index is 14.3. The number of rotatable bonds is 5. The molecule has 0 amide bonds. The van der Waals surface area contributed by atoms with Crippen LogP contribution < -0.4 is 14.8 Å². The quantitative estimate of drug-likeness (QED) is 0.718. The molecule has 0 aliphatic carbocycles. The Kier molecular flexibility index (Phi) is 5.05. The molecule has 4 rings (SSSR count). The number of aromatic nitrogens is 3. The molecule has 1 fully saturated rings. The van der Waals surface area contributed by atoms with Crippen LogP contribution in [0.5, 0.6) is 11.8 Å². The first-order valence-corrected chi connectivity index (χ1v) is 9.09. The molecule has 0 unspecified atom stereocenters. The largest absolute Gasteiger partial charge is 0.473 e. The van der Waals surface area contributed by atoms with Crippen LogP contribution in [0.15, 0.2) is 36.7 Å². The molecule has 0 bridgehead atoms. The van der Waals surface area contributed by atoms with Gasteiger partial charge in [-0.2, -0.15) is 4.98 Å². The number of nitrogens with zero attached hydrogens (tertiary/aromatic N) is 3. The minimum Gasteiger partial charge on any atom is -0.473 e. The van der Waals surface area contributed by atoms with Crippen LogP contribution in [0.1, 0.15) is 25.0 Å². The summed E-state index contributed by atoms with van der Waals surface area (Å²) < 4.78 is 26.1. The van der Waals surface area contributed by atoms with Crippen molar-refractivity contribution in [3.63, 3.8) is 0 Å². The maximum Gasteiger partial charge on any atom is 0.244 e. The molecule has 6 nitrogen and oxygen atoms in total.